The first-order chi connectivity index (χ1) is 13.9. The molecule has 1 unspecified atom stereocenters. The molecular weight excluding hydrogens is 405 g/mol. The van der Waals surface area contributed by atoms with Crippen LogP contribution in [0.2, 0.25) is 10.0 Å². The van der Waals surface area contributed by atoms with Crippen LogP contribution in [0.25, 0.3) is 0 Å². The smallest absolute Gasteiger partial charge is 0.321 e. The second-order valence-corrected chi connectivity index (χ2v) is 9.38. The van der Waals surface area contributed by atoms with Crippen LogP contribution in [0.15, 0.2) is 48.5 Å². The molecule has 6 heteroatoms. The van der Waals surface area contributed by atoms with Crippen molar-refractivity contribution in [1.29, 1.82) is 0 Å². The Labute approximate surface area is 182 Å². The third kappa shape index (κ3) is 4.11. The normalized spacial score (nSPS) is 21.3. The fourth-order valence-electron chi connectivity index (χ4n) is 4.81. The molecule has 0 aliphatic carbocycles. The van der Waals surface area contributed by atoms with Gasteiger partial charge >= 0.3 is 6.03 Å². The highest BCUT2D eigenvalue weighted by atomic mass is 35.5. The van der Waals surface area contributed by atoms with Crippen molar-refractivity contribution in [3.05, 3.63) is 64.1 Å². The minimum Gasteiger partial charge on any atom is -0.324 e. The maximum atomic E-state index is 12.7. The summed E-state index contributed by atoms with van der Waals surface area (Å²) in [5.41, 5.74) is 2.29. The Bertz CT molecular complexity index is 876. The van der Waals surface area contributed by atoms with Crippen LogP contribution in [-0.2, 0) is 0 Å². The van der Waals surface area contributed by atoms with E-state index < -0.39 is 0 Å². The summed E-state index contributed by atoms with van der Waals surface area (Å²) in [5.74, 6) is 0. The second kappa shape index (κ2) is 8.17. The SMILES string of the molecule is CC(C)N1CC2(CCN(C(=O)Nc3cccc(Cl)c3)CC2)C1c1ccc(Cl)cc1. The largest absolute Gasteiger partial charge is 0.324 e. The molecule has 0 aromatic heterocycles. The third-order valence-corrected chi connectivity index (χ3v) is 6.87. The van der Waals surface area contributed by atoms with Crippen LogP contribution in [-0.4, -0.2) is 41.5 Å². The Balaban J connectivity index is 1.44. The molecule has 2 aromatic carbocycles. The standard InChI is InChI=1S/C23H27Cl2N3O/c1-16(2)28-15-23(21(28)17-6-8-18(24)9-7-17)10-12-27(13-11-23)22(29)26-20-5-3-4-19(25)14-20/h3-9,14,16,21H,10-13,15H2,1-2H3,(H,26,29). The van der Waals surface area contributed by atoms with Crippen molar-refractivity contribution in [3.8, 4) is 0 Å². The van der Waals surface area contributed by atoms with Gasteiger partial charge in [0.2, 0.25) is 0 Å². The number of hydrogen-bond donors (Lipinski definition) is 1. The van der Waals surface area contributed by atoms with Crippen LogP contribution >= 0.6 is 23.2 Å². The first-order valence-electron chi connectivity index (χ1n) is 10.2. The van der Waals surface area contributed by atoms with Crippen LogP contribution in [0, 0.1) is 5.41 Å². The molecule has 2 saturated heterocycles. The number of carbonyl (C=O) groups is 1. The molecule has 4 nitrogen and oxygen atoms in total. The highest BCUT2D eigenvalue weighted by molar-refractivity contribution is 6.31. The Morgan fingerprint density at radius 2 is 1.76 bits per heavy atom. The second-order valence-electron chi connectivity index (χ2n) is 8.51. The summed E-state index contributed by atoms with van der Waals surface area (Å²) in [5, 5.41) is 4.36. The molecule has 0 bridgehead atoms. The van der Waals surface area contributed by atoms with E-state index in [0.29, 0.717) is 17.1 Å². The van der Waals surface area contributed by atoms with E-state index in [1.54, 1.807) is 12.1 Å². The Hall–Kier alpha value is -1.75. The lowest BCUT2D eigenvalue weighted by atomic mass is 9.62. The van der Waals surface area contributed by atoms with Crippen LogP contribution in [0.3, 0.4) is 0 Å². The fourth-order valence-corrected chi connectivity index (χ4v) is 5.12. The first-order valence-corrected chi connectivity index (χ1v) is 11.0. The van der Waals surface area contributed by atoms with Gasteiger partial charge in [-0.25, -0.2) is 4.79 Å². The van der Waals surface area contributed by atoms with Crippen molar-refractivity contribution in [1.82, 2.24) is 9.80 Å². The van der Waals surface area contributed by atoms with Gasteiger partial charge in [-0.1, -0.05) is 41.4 Å². The Morgan fingerprint density at radius 1 is 1.07 bits per heavy atom. The molecule has 29 heavy (non-hydrogen) atoms. The molecule has 1 N–H and O–H groups in total. The highest BCUT2D eigenvalue weighted by Crippen LogP contribution is 2.55. The van der Waals surface area contributed by atoms with Crippen molar-refractivity contribution < 1.29 is 4.79 Å². The van der Waals surface area contributed by atoms with Gasteiger partial charge in [0.1, 0.15) is 0 Å². The molecule has 1 atom stereocenters. The van der Waals surface area contributed by atoms with Crippen LogP contribution < -0.4 is 5.32 Å². The lowest BCUT2D eigenvalue weighted by molar-refractivity contribution is -0.123. The first kappa shape index (κ1) is 20.5. The summed E-state index contributed by atoms with van der Waals surface area (Å²) in [6.07, 6.45) is 2.01. The maximum absolute atomic E-state index is 12.7. The van der Waals surface area contributed by atoms with Gasteiger partial charge in [0.05, 0.1) is 0 Å². The fraction of sp³-hybridized carbons (Fsp3) is 0.435. The van der Waals surface area contributed by atoms with Gasteiger partial charge in [-0.2, -0.15) is 0 Å². The van der Waals surface area contributed by atoms with Crippen molar-refractivity contribution in [2.24, 2.45) is 5.41 Å². The van der Waals surface area contributed by atoms with E-state index >= 15 is 0 Å². The summed E-state index contributed by atoms with van der Waals surface area (Å²) < 4.78 is 0. The van der Waals surface area contributed by atoms with Gasteiger partial charge in [-0.05, 0) is 62.6 Å². The van der Waals surface area contributed by atoms with Crippen LogP contribution in [0.4, 0.5) is 10.5 Å². The maximum Gasteiger partial charge on any atom is 0.321 e. The molecule has 2 fully saturated rings. The lowest BCUT2D eigenvalue weighted by Crippen LogP contribution is -2.64. The summed E-state index contributed by atoms with van der Waals surface area (Å²) in [4.78, 5) is 17.2. The number of piperidine rings is 1. The quantitative estimate of drug-likeness (QED) is 0.639. The van der Waals surface area contributed by atoms with E-state index in [9.17, 15) is 4.79 Å². The summed E-state index contributed by atoms with van der Waals surface area (Å²) in [6, 6.07) is 16.4. The van der Waals surface area contributed by atoms with Gasteiger partial charge in [-0.15, -0.1) is 0 Å². The average molecular weight is 432 g/mol. The number of nitrogens with zero attached hydrogens (tertiary/aromatic N) is 2. The zero-order valence-corrected chi connectivity index (χ0v) is 18.4. The van der Waals surface area contributed by atoms with E-state index in [0.717, 1.165) is 43.2 Å². The lowest BCUT2D eigenvalue weighted by Gasteiger charge is -2.62. The molecular formula is C23H27Cl2N3O. The minimum atomic E-state index is -0.0507. The van der Waals surface area contributed by atoms with Gasteiger partial charge < -0.3 is 10.2 Å². The Kier molecular flexibility index (Phi) is 5.78. The van der Waals surface area contributed by atoms with Gasteiger partial charge in [-0.3, -0.25) is 4.90 Å². The number of amides is 2. The number of likely N-dealkylation sites (tertiary alicyclic amines) is 2. The number of rotatable bonds is 3. The topological polar surface area (TPSA) is 35.6 Å². The number of anilines is 1. The van der Waals surface area contributed by atoms with Crippen molar-refractivity contribution >= 4 is 34.9 Å². The molecule has 0 saturated carbocycles. The zero-order valence-electron chi connectivity index (χ0n) is 16.9. The number of halogens is 2. The Morgan fingerprint density at radius 3 is 2.38 bits per heavy atom. The summed E-state index contributed by atoms with van der Waals surface area (Å²) in [6.45, 7) is 7.12. The molecule has 4 rings (SSSR count). The van der Waals surface area contributed by atoms with Crippen LogP contribution in [0.1, 0.15) is 38.3 Å². The highest BCUT2D eigenvalue weighted by Gasteiger charge is 2.54. The molecule has 2 aliphatic heterocycles. The number of nitrogens with one attached hydrogen (secondary N) is 1. The van der Waals surface area contributed by atoms with E-state index in [1.165, 1.54) is 5.56 Å². The van der Waals surface area contributed by atoms with Crippen molar-refractivity contribution in [2.45, 2.75) is 38.8 Å². The third-order valence-electron chi connectivity index (χ3n) is 6.38. The molecule has 2 heterocycles. The van der Waals surface area contributed by atoms with Crippen LogP contribution in [0.5, 0.6) is 0 Å². The van der Waals surface area contributed by atoms with E-state index in [1.807, 2.05) is 29.2 Å². The molecule has 2 aromatic rings. The number of urea groups is 1. The number of benzene rings is 2. The molecule has 154 valence electrons. The number of carbonyl (C=O) groups excluding carboxylic acids is 1. The van der Waals surface area contributed by atoms with Gasteiger partial charge in [0.15, 0.2) is 0 Å². The molecule has 0 radical (unpaired) electrons. The van der Waals surface area contributed by atoms with E-state index in [-0.39, 0.29) is 11.4 Å². The van der Waals surface area contributed by atoms with E-state index in [4.69, 9.17) is 23.2 Å². The predicted molar refractivity (Wildman–Crippen MR) is 120 cm³/mol. The number of hydrogen-bond acceptors (Lipinski definition) is 2. The summed E-state index contributed by atoms with van der Waals surface area (Å²) >= 11 is 12.1. The van der Waals surface area contributed by atoms with Gasteiger partial charge in [0, 0.05) is 52.9 Å². The summed E-state index contributed by atoms with van der Waals surface area (Å²) in [7, 11) is 0. The van der Waals surface area contributed by atoms with Gasteiger partial charge in [0.25, 0.3) is 0 Å². The van der Waals surface area contributed by atoms with Crippen molar-refractivity contribution in [3.63, 3.8) is 0 Å². The zero-order chi connectivity index (χ0) is 20.6. The monoisotopic (exact) mass is 431 g/mol. The predicted octanol–water partition coefficient (Wildman–Crippen LogP) is 6.07. The van der Waals surface area contributed by atoms with E-state index in [2.05, 4.69) is 36.2 Å². The molecule has 1 spiro atoms. The minimum absolute atomic E-state index is 0.0507. The van der Waals surface area contributed by atoms with Crippen molar-refractivity contribution in [2.75, 3.05) is 25.0 Å². The average Bonchev–Trinajstić information content (AvgIpc) is 2.68. The molecule has 2 aliphatic rings. The molecule has 2 amide bonds.